The van der Waals surface area contributed by atoms with Crippen LogP contribution in [0.1, 0.15) is 25.3 Å². The summed E-state index contributed by atoms with van der Waals surface area (Å²) in [7, 11) is 0. The van der Waals surface area contributed by atoms with E-state index in [-0.39, 0.29) is 6.54 Å². The number of hydrogen-bond acceptors (Lipinski definition) is 3. The summed E-state index contributed by atoms with van der Waals surface area (Å²) in [6.07, 6.45) is 0.225. The second-order valence-corrected chi connectivity index (χ2v) is 4.35. The van der Waals surface area contributed by atoms with Crippen molar-refractivity contribution in [3.8, 4) is 0 Å². The molecule has 0 radical (unpaired) electrons. The summed E-state index contributed by atoms with van der Waals surface area (Å²) in [6, 6.07) is 8.96. The van der Waals surface area contributed by atoms with Crippen molar-refractivity contribution in [2.75, 3.05) is 6.54 Å². The van der Waals surface area contributed by atoms with Crippen LogP contribution in [0, 0.1) is 0 Å². The van der Waals surface area contributed by atoms with Gasteiger partial charge in [0, 0.05) is 6.54 Å². The first kappa shape index (κ1) is 13.7. The fourth-order valence-corrected chi connectivity index (χ4v) is 1.89. The standard InChI is InChI=1S/C13H19NO3/c1-10(15)7-8-13(9-14,12(16)17)11-5-3-2-4-6-11/h2-6,10,15H,7-9,14H2,1H3,(H,16,17). The average Bonchev–Trinajstić information content (AvgIpc) is 2.31. The van der Waals surface area contributed by atoms with Crippen molar-refractivity contribution in [2.45, 2.75) is 31.3 Å². The minimum absolute atomic E-state index is 0.0269. The van der Waals surface area contributed by atoms with Crippen LogP contribution in [-0.2, 0) is 10.2 Å². The summed E-state index contributed by atoms with van der Waals surface area (Å²) in [5.41, 5.74) is 5.26. The third-order valence-corrected chi connectivity index (χ3v) is 3.07. The van der Waals surface area contributed by atoms with Crippen molar-refractivity contribution in [2.24, 2.45) is 5.73 Å². The van der Waals surface area contributed by atoms with Crippen LogP contribution in [0.25, 0.3) is 0 Å². The number of carboxylic acids is 1. The number of nitrogens with two attached hydrogens (primary N) is 1. The molecule has 17 heavy (non-hydrogen) atoms. The lowest BCUT2D eigenvalue weighted by Gasteiger charge is -2.29. The highest BCUT2D eigenvalue weighted by atomic mass is 16.4. The number of carboxylic acid groups (broad SMARTS) is 1. The Morgan fingerprint density at radius 2 is 2.00 bits per heavy atom. The summed E-state index contributed by atoms with van der Waals surface area (Å²) in [5.74, 6) is -0.938. The van der Waals surface area contributed by atoms with E-state index in [9.17, 15) is 15.0 Å². The van der Waals surface area contributed by atoms with Gasteiger partial charge in [-0.05, 0) is 25.3 Å². The molecule has 1 aromatic rings. The molecule has 4 heteroatoms. The Morgan fingerprint density at radius 1 is 1.41 bits per heavy atom. The molecule has 2 atom stereocenters. The topological polar surface area (TPSA) is 83.5 Å². The van der Waals surface area contributed by atoms with Crippen LogP contribution in [0.2, 0.25) is 0 Å². The van der Waals surface area contributed by atoms with Gasteiger partial charge in [-0.15, -0.1) is 0 Å². The van der Waals surface area contributed by atoms with Gasteiger partial charge in [0.15, 0.2) is 0 Å². The fraction of sp³-hybridized carbons (Fsp3) is 0.462. The van der Waals surface area contributed by atoms with Crippen LogP contribution in [0.15, 0.2) is 30.3 Å². The Kier molecular flexibility index (Phi) is 4.66. The molecule has 0 bridgehead atoms. The number of aliphatic hydroxyl groups is 1. The predicted octanol–water partition coefficient (Wildman–Crippen LogP) is 1.13. The van der Waals surface area contributed by atoms with Gasteiger partial charge in [-0.3, -0.25) is 4.79 Å². The summed E-state index contributed by atoms with van der Waals surface area (Å²) in [6.45, 7) is 1.67. The molecule has 0 spiro atoms. The first-order valence-electron chi connectivity index (χ1n) is 5.70. The Hall–Kier alpha value is -1.39. The predicted molar refractivity (Wildman–Crippen MR) is 65.7 cm³/mol. The van der Waals surface area contributed by atoms with Gasteiger partial charge in [-0.25, -0.2) is 0 Å². The smallest absolute Gasteiger partial charge is 0.315 e. The first-order valence-corrected chi connectivity index (χ1v) is 5.70. The summed E-state index contributed by atoms with van der Waals surface area (Å²) < 4.78 is 0. The molecule has 0 aromatic heterocycles. The van der Waals surface area contributed by atoms with E-state index in [1.165, 1.54) is 0 Å². The molecule has 0 saturated heterocycles. The number of carbonyl (C=O) groups is 1. The molecule has 2 unspecified atom stereocenters. The number of benzene rings is 1. The van der Waals surface area contributed by atoms with E-state index in [0.29, 0.717) is 18.4 Å². The quantitative estimate of drug-likeness (QED) is 0.692. The summed E-state index contributed by atoms with van der Waals surface area (Å²) in [4.78, 5) is 11.5. The maximum absolute atomic E-state index is 11.5. The first-order chi connectivity index (χ1) is 8.03. The van der Waals surface area contributed by atoms with Crippen molar-refractivity contribution < 1.29 is 15.0 Å². The van der Waals surface area contributed by atoms with Crippen molar-refractivity contribution in [3.63, 3.8) is 0 Å². The molecule has 4 nitrogen and oxygen atoms in total. The van der Waals surface area contributed by atoms with Crippen molar-refractivity contribution in [1.29, 1.82) is 0 Å². The minimum Gasteiger partial charge on any atom is -0.481 e. The van der Waals surface area contributed by atoms with Gasteiger partial charge < -0.3 is 15.9 Å². The zero-order chi connectivity index (χ0) is 12.9. The molecule has 1 rings (SSSR count). The largest absolute Gasteiger partial charge is 0.481 e. The van der Waals surface area contributed by atoms with Crippen LogP contribution in [0.5, 0.6) is 0 Å². The summed E-state index contributed by atoms with van der Waals surface area (Å²) >= 11 is 0. The van der Waals surface area contributed by atoms with E-state index in [1.807, 2.05) is 6.07 Å². The lowest BCUT2D eigenvalue weighted by Crippen LogP contribution is -2.43. The molecular weight excluding hydrogens is 218 g/mol. The zero-order valence-electron chi connectivity index (χ0n) is 9.97. The average molecular weight is 237 g/mol. The van der Waals surface area contributed by atoms with E-state index >= 15 is 0 Å². The molecule has 0 heterocycles. The number of hydrogen-bond donors (Lipinski definition) is 3. The highest BCUT2D eigenvalue weighted by Crippen LogP contribution is 2.29. The van der Waals surface area contributed by atoms with Crippen LogP contribution in [-0.4, -0.2) is 28.8 Å². The van der Waals surface area contributed by atoms with Crippen molar-refractivity contribution >= 4 is 5.97 Å². The van der Waals surface area contributed by atoms with Gasteiger partial charge in [-0.2, -0.15) is 0 Å². The van der Waals surface area contributed by atoms with E-state index in [0.717, 1.165) is 0 Å². The molecule has 0 saturated carbocycles. The maximum atomic E-state index is 11.5. The maximum Gasteiger partial charge on any atom is 0.315 e. The van der Waals surface area contributed by atoms with Gasteiger partial charge in [-0.1, -0.05) is 30.3 Å². The second kappa shape index (κ2) is 5.80. The molecule has 0 aliphatic carbocycles. The molecule has 0 aliphatic heterocycles. The monoisotopic (exact) mass is 237 g/mol. The zero-order valence-corrected chi connectivity index (χ0v) is 9.97. The van der Waals surface area contributed by atoms with Gasteiger partial charge in [0.2, 0.25) is 0 Å². The minimum atomic E-state index is -1.10. The molecule has 4 N–H and O–H groups in total. The highest BCUT2D eigenvalue weighted by molar-refractivity contribution is 5.81. The summed E-state index contributed by atoms with van der Waals surface area (Å²) in [5, 5.41) is 18.7. The Bertz CT molecular complexity index is 364. The third-order valence-electron chi connectivity index (χ3n) is 3.07. The normalized spacial score (nSPS) is 16.2. The van der Waals surface area contributed by atoms with E-state index in [4.69, 9.17) is 5.73 Å². The van der Waals surface area contributed by atoms with Gasteiger partial charge in [0.25, 0.3) is 0 Å². The fourth-order valence-electron chi connectivity index (χ4n) is 1.89. The third kappa shape index (κ3) is 3.05. The Labute approximate surface area is 101 Å². The van der Waals surface area contributed by atoms with Gasteiger partial charge >= 0.3 is 5.97 Å². The Morgan fingerprint density at radius 3 is 2.41 bits per heavy atom. The molecule has 94 valence electrons. The van der Waals surface area contributed by atoms with Crippen LogP contribution >= 0.6 is 0 Å². The van der Waals surface area contributed by atoms with E-state index in [2.05, 4.69) is 0 Å². The number of rotatable bonds is 6. The molecular formula is C13H19NO3. The van der Waals surface area contributed by atoms with E-state index in [1.54, 1.807) is 31.2 Å². The lowest BCUT2D eigenvalue weighted by molar-refractivity contribution is -0.144. The SMILES string of the molecule is CC(O)CCC(CN)(C(=O)O)c1ccccc1. The molecule has 0 aliphatic rings. The molecule has 1 aromatic carbocycles. The van der Waals surface area contributed by atoms with Crippen LogP contribution < -0.4 is 5.73 Å². The Balaban J connectivity index is 3.05. The van der Waals surface area contributed by atoms with Gasteiger partial charge in [0.1, 0.15) is 5.41 Å². The van der Waals surface area contributed by atoms with E-state index < -0.39 is 17.5 Å². The van der Waals surface area contributed by atoms with Crippen molar-refractivity contribution in [3.05, 3.63) is 35.9 Å². The van der Waals surface area contributed by atoms with Gasteiger partial charge in [0.05, 0.1) is 6.10 Å². The highest BCUT2D eigenvalue weighted by Gasteiger charge is 2.38. The number of aliphatic hydroxyl groups excluding tert-OH is 1. The molecule has 0 fully saturated rings. The molecule has 0 amide bonds. The lowest BCUT2D eigenvalue weighted by atomic mass is 9.76. The van der Waals surface area contributed by atoms with Crippen LogP contribution in [0.3, 0.4) is 0 Å². The van der Waals surface area contributed by atoms with Crippen LogP contribution in [0.4, 0.5) is 0 Å². The van der Waals surface area contributed by atoms with Crippen molar-refractivity contribution in [1.82, 2.24) is 0 Å². The number of aliphatic carboxylic acids is 1. The second-order valence-electron chi connectivity index (χ2n) is 4.35.